The minimum absolute atomic E-state index is 0.0130. The Morgan fingerprint density at radius 1 is 0.929 bits per heavy atom. The molecule has 1 aromatic carbocycles. The van der Waals surface area contributed by atoms with E-state index in [9.17, 15) is 14.4 Å². The predicted molar refractivity (Wildman–Crippen MR) is 102 cm³/mol. The molecule has 0 aromatic heterocycles. The summed E-state index contributed by atoms with van der Waals surface area (Å²) in [6, 6.07) is 6.64. The monoisotopic (exact) mass is 399 g/mol. The summed E-state index contributed by atoms with van der Waals surface area (Å²) in [6.07, 6.45) is 7.78. The number of halogens is 1. The zero-order valence-corrected chi connectivity index (χ0v) is 16.2. The lowest BCUT2D eigenvalue weighted by Crippen LogP contribution is -2.44. The first kappa shape index (κ1) is 17.9. The number of carbonyl (C=O) groups excluding carboxylic acids is 3. The Balaban J connectivity index is 1.21. The molecule has 0 spiro atoms. The number of nitrogens with zero attached hydrogens (tertiary/aromatic N) is 1. The molecule has 0 N–H and O–H groups in total. The highest BCUT2D eigenvalue weighted by atomic mass is 35.5. The van der Waals surface area contributed by atoms with Crippen molar-refractivity contribution in [2.75, 3.05) is 0 Å². The number of fused-ring (bicyclic) bond motifs is 5. The van der Waals surface area contributed by atoms with Gasteiger partial charge in [0, 0.05) is 11.1 Å². The van der Waals surface area contributed by atoms with Crippen molar-refractivity contribution in [3.63, 3.8) is 0 Å². The highest BCUT2D eigenvalue weighted by molar-refractivity contribution is 6.30. The van der Waals surface area contributed by atoms with Crippen LogP contribution in [-0.2, 0) is 14.4 Å². The van der Waals surface area contributed by atoms with Gasteiger partial charge in [-0.05, 0) is 68.2 Å². The molecule has 1 saturated heterocycles. The van der Waals surface area contributed by atoms with E-state index in [0.717, 1.165) is 6.42 Å². The summed E-state index contributed by atoms with van der Waals surface area (Å²) in [4.78, 5) is 39.9. The number of ether oxygens (including phenoxy) is 1. The highest BCUT2D eigenvalue weighted by Gasteiger charge is 2.60. The lowest BCUT2D eigenvalue weighted by atomic mass is 9.85. The van der Waals surface area contributed by atoms with Crippen molar-refractivity contribution >= 4 is 29.4 Å². The molecule has 6 heteroatoms. The van der Waals surface area contributed by atoms with Gasteiger partial charge in [-0.15, -0.1) is 0 Å². The lowest BCUT2D eigenvalue weighted by molar-refractivity contribution is -0.145. The van der Waals surface area contributed by atoms with Gasteiger partial charge in [0.25, 0.3) is 0 Å². The average molecular weight is 400 g/mol. The van der Waals surface area contributed by atoms with Gasteiger partial charge in [-0.1, -0.05) is 23.8 Å². The Kier molecular flexibility index (Phi) is 4.31. The molecule has 2 bridgehead atoms. The van der Waals surface area contributed by atoms with Crippen LogP contribution in [0.5, 0.6) is 5.75 Å². The van der Waals surface area contributed by atoms with Crippen molar-refractivity contribution in [2.24, 2.45) is 29.6 Å². The smallest absolute Gasteiger partial charge is 0.314 e. The van der Waals surface area contributed by atoms with E-state index in [2.05, 4.69) is 12.2 Å². The van der Waals surface area contributed by atoms with Gasteiger partial charge in [0.05, 0.1) is 17.8 Å². The molecule has 1 aromatic rings. The van der Waals surface area contributed by atoms with Gasteiger partial charge in [0.15, 0.2) is 0 Å². The Labute approximate surface area is 168 Å². The molecule has 5 nitrogen and oxygen atoms in total. The second kappa shape index (κ2) is 6.73. The van der Waals surface area contributed by atoms with Crippen molar-refractivity contribution in [1.29, 1.82) is 0 Å². The Hall–Kier alpha value is -2.14. The van der Waals surface area contributed by atoms with E-state index in [1.54, 1.807) is 29.2 Å². The number of carbonyl (C=O) groups is 3. The maximum atomic E-state index is 12.9. The van der Waals surface area contributed by atoms with E-state index in [1.165, 1.54) is 0 Å². The molecular weight excluding hydrogens is 378 g/mol. The van der Waals surface area contributed by atoms with Crippen molar-refractivity contribution in [3.05, 3.63) is 41.4 Å². The molecule has 4 atom stereocenters. The lowest BCUT2D eigenvalue weighted by Gasteiger charge is -2.33. The average Bonchev–Trinajstić information content (AvgIpc) is 3.38. The van der Waals surface area contributed by atoms with Crippen LogP contribution < -0.4 is 4.74 Å². The highest BCUT2D eigenvalue weighted by Crippen LogP contribution is 2.53. The first-order chi connectivity index (χ1) is 13.5. The van der Waals surface area contributed by atoms with Gasteiger partial charge in [-0.2, -0.15) is 0 Å². The standard InChI is InChI=1S/C22H22ClNO4/c23-15-5-9-17(10-6-15)28-22(27)12-3-7-16(8-4-12)24-20(25)18-13-1-2-14(11-13)19(18)21(24)26/h1-2,5-6,9-10,12-14,16,18-19H,3-4,7-8,11H2/t12?,13-,14-,16?,18-,19-/m0/s1. The maximum absolute atomic E-state index is 12.9. The quantitative estimate of drug-likeness (QED) is 0.337. The van der Waals surface area contributed by atoms with Crippen LogP contribution in [0.15, 0.2) is 36.4 Å². The van der Waals surface area contributed by atoms with Crippen LogP contribution in [0.1, 0.15) is 32.1 Å². The van der Waals surface area contributed by atoms with Gasteiger partial charge >= 0.3 is 5.97 Å². The normalized spacial score (nSPS) is 36.1. The summed E-state index contributed by atoms with van der Waals surface area (Å²) in [5.74, 6) is 0.251. The molecule has 2 saturated carbocycles. The summed E-state index contributed by atoms with van der Waals surface area (Å²) in [5, 5.41) is 0.591. The van der Waals surface area contributed by atoms with Gasteiger partial charge in [-0.25, -0.2) is 0 Å². The summed E-state index contributed by atoms with van der Waals surface area (Å²) in [6.45, 7) is 0. The molecule has 146 valence electrons. The van der Waals surface area contributed by atoms with Crippen LogP contribution in [0.25, 0.3) is 0 Å². The second-order valence-corrected chi connectivity index (χ2v) is 8.86. The van der Waals surface area contributed by atoms with E-state index in [0.29, 0.717) is 36.5 Å². The maximum Gasteiger partial charge on any atom is 0.314 e. The number of hydrogen-bond acceptors (Lipinski definition) is 4. The molecule has 28 heavy (non-hydrogen) atoms. The number of imide groups is 1. The summed E-state index contributed by atoms with van der Waals surface area (Å²) in [5.41, 5.74) is 0. The predicted octanol–water partition coefficient (Wildman–Crippen LogP) is 3.61. The first-order valence-electron chi connectivity index (χ1n) is 10.1. The molecule has 2 amide bonds. The number of esters is 1. The minimum atomic E-state index is -0.251. The SMILES string of the molecule is O=C(Oc1ccc(Cl)cc1)C1CCC(N2C(=O)[C@@H]3[C@@H](C2=O)[C@H]2C=C[C@H]3C2)CC1. The van der Waals surface area contributed by atoms with E-state index >= 15 is 0 Å². The zero-order chi connectivity index (χ0) is 19.4. The van der Waals surface area contributed by atoms with Crippen LogP contribution in [0, 0.1) is 29.6 Å². The third kappa shape index (κ3) is 2.79. The largest absolute Gasteiger partial charge is 0.426 e. The van der Waals surface area contributed by atoms with E-state index in [1.807, 2.05) is 0 Å². The number of amides is 2. The van der Waals surface area contributed by atoms with Crippen LogP contribution >= 0.6 is 11.6 Å². The fourth-order valence-electron chi connectivity index (χ4n) is 5.56. The number of likely N-dealkylation sites (tertiary alicyclic amines) is 1. The second-order valence-electron chi connectivity index (χ2n) is 8.43. The summed E-state index contributed by atoms with van der Waals surface area (Å²) >= 11 is 5.85. The molecule has 1 heterocycles. The number of rotatable bonds is 3. The van der Waals surface area contributed by atoms with Crippen molar-refractivity contribution < 1.29 is 19.1 Å². The minimum Gasteiger partial charge on any atom is -0.426 e. The molecule has 0 unspecified atom stereocenters. The van der Waals surface area contributed by atoms with Crippen LogP contribution in [-0.4, -0.2) is 28.7 Å². The first-order valence-corrected chi connectivity index (χ1v) is 10.4. The summed E-state index contributed by atoms with van der Waals surface area (Å²) in [7, 11) is 0. The number of allylic oxidation sites excluding steroid dienone is 2. The van der Waals surface area contributed by atoms with E-state index < -0.39 is 0 Å². The fourth-order valence-corrected chi connectivity index (χ4v) is 5.68. The van der Waals surface area contributed by atoms with Crippen LogP contribution in [0.4, 0.5) is 0 Å². The van der Waals surface area contributed by atoms with Crippen molar-refractivity contribution in [2.45, 2.75) is 38.1 Å². The molecule has 4 aliphatic rings. The molecule has 3 fully saturated rings. The van der Waals surface area contributed by atoms with Gasteiger partial charge in [0.2, 0.25) is 11.8 Å². The zero-order valence-electron chi connectivity index (χ0n) is 15.4. The van der Waals surface area contributed by atoms with E-state index in [-0.39, 0.29) is 53.4 Å². The van der Waals surface area contributed by atoms with Gasteiger partial charge < -0.3 is 4.74 Å². The van der Waals surface area contributed by atoms with E-state index in [4.69, 9.17) is 16.3 Å². The number of benzene rings is 1. The molecule has 5 rings (SSSR count). The van der Waals surface area contributed by atoms with Crippen LogP contribution in [0.2, 0.25) is 5.02 Å². The Morgan fingerprint density at radius 3 is 2.07 bits per heavy atom. The van der Waals surface area contributed by atoms with Crippen LogP contribution in [0.3, 0.4) is 0 Å². The van der Waals surface area contributed by atoms with Crippen molar-refractivity contribution in [3.8, 4) is 5.75 Å². The van der Waals surface area contributed by atoms with Gasteiger partial charge in [-0.3, -0.25) is 19.3 Å². The third-order valence-electron chi connectivity index (χ3n) is 6.93. The third-order valence-corrected chi connectivity index (χ3v) is 7.18. The summed E-state index contributed by atoms with van der Waals surface area (Å²) < 4.78 is 5.46. The molecule has 1 aliphatic heterocycles. The fraction of sp³-hybridized carbons (Fsp3) is 0.500. The Bertz CT molecular complexity index is 826. The Morgan fingerprint density at radius 2 is 1.50 bits per heavy atom. The molecular formula is C22H22ClNO4. The molecule has 0 radical (unpaired) electrons. The van der Waals surface area contributed by atoms with Gasteiger partial charge in [0.1, 0.15) is 5.75 Å². The molecule has 3 aliphatic carbocycles. The number of hydrogen-bond donors (Lipinski definition) is 0. The van der Waals surface area contributed by atoms with Crippen molar-refractivity contribution in [1.82, 2.24) is 4.90 Å². The topological polar surface area (TPSA) is 63.7 Å².